The first-order valence-corrected chi connectivity index (χ1v) is 3.44. The second kappa shape index (κ2) is 3.44. The molecule has 0 radical (unpaired) electrons. The Labute approximate surface area is 76.8 Å². The predicted molar refractivity (Wildman–Crippen MR) is 42.2 cm³/mol. The van der Waals surface area contributed by atoms with Crippen molar-refractivity contribution in [2.75, 3.05) is 5.73 Å². The zero-order valence-electron chi connectivity index (χ0n) is 6.74. The summed E-state index contributed by atoms with van der Waals surface area (Å²) in [6.45, 7) is 0. The van der Waals surface area contributed by atoms with Crippen LogP contribution < -0.4 is 5.73 Å². The molecule has 0 saturated carbocycles. The number of carboxylic acid groups (broad SMARTS) is 1. The molecule has 0 aliphatic rings. The highest BCUT2D eigenvalue weighted by molar-refractivity contribution is 5.86. The summed E-state index contributed by atoms with van der Waals surface area (Å²) in [5.74, 6) is -3.00. The second-order valence-electron chi connectivity index (χ2n) is 2.44. The van der Waals surface area contributed by atoms with Crippen molar-refractivity contribution in [1.29, 1.82) is 0 Å². The van der Waals surface area contributed by atoms with Gasteiger partial charge in [0.25, 0.3) is 6.43 Å². The van der Waals surface area contributed by atoms with Gasteiger partial charge in [-0.2, -0.15) is 0 Å². The van der Waals surface area contributed by atoms with Crippen LogP contribution >= 0.6 is 0 Å². The summed E-state index contributed by atoms with van der Waals surface area (Å²) in [5, 5.41) is 17.5. The fraction of sp³-hybridized carbons (Fsp3) is 0.143. The van der Waals surface area contributed by atoms with Crippen molar-refractivity contribution in [3.63, 3.8) is 0 Å². The van der Waals surface area contributed by atoms with Gasteiger partial charge in [-0.1, -0.05) is 0 Å². The minimum absolute atomic E-state index is 0.582. The van der Waals surface area contributed by atoms with Crippen molar-refractivity contribution in [3.05, 3.63) is 17.3 Å². The summed E-state index contributed by atoms with van der Waals surface area (Å²) in [6, 6.07) is 0.582. The maximum Gasteiger partial charge on any atom is 0.354 e. The van der Waals surface area contributed by atoms with Gasteiger partial charge in [-0.3, -0.25) is 0 Å². The normalized spacial score (nSPS) is 10.5. The van der Waals surface area contributed by atoms with Gasteiger partial charge in [-0.25, -0.2) is 18.6 Å². The van der Waals surface area contributed by atoms with E-state index in [1.54, 1.807) is 0 Å². The van der Waals surface area contributed by atoms with Crippen LogP contribution in [0.4, 0.5) is 14.6 Å². The van der Waals surface area contributed by atoms with Gasteiger partial charge in [0.2, 0.25) is 0 Å². The molecule has 0 amide bonds. The number of anilines is 1. The maximum atomic E-state index is 12.2. The van der Waals surface area contributed by atoms with Crippen molar-refractivity contribution >= 4 is 11.8 Å². The number of aromatic hydroxyl groups is 1. The molecule has 0 fully saturated rings. The first-order chi connectivity index (χ1) is 6.43. The number of nitrogens with zero attached hydrogens (tertiary/aromatic N) is 1. The molecule has 1 rings (SSSR count). The first-order valence-electron chi connectivity index (χ1n) is 3.44. The number of halogens is 2. The lowest BCUT2D eigenvalue weighted by molar-refractivity contribution is 0.0690. The van der Waals surface area contributed by atoms with Crippen molar-refractivity contribution in [3.8, 4) is 5.75 Å². The number of nitrogen functional groups attached to an aromatic ring is 1. The largest absolute Gasteiger partial charge is 0.504 e. The summed E-state index contributed by atoms with van der Waals surface area (Å²) in [5.41, 5.74) is 3.57. The quantitative estimate of drug-likeness (QED) is 0.667. The number of carboxylic acids is 1. The zero-order valence-corrected chi connectivity index (χ0v) is 6.74. The highest BCUT2D eigenvalue weighted by Gasteiger charge is 2.19. The number of pyridine rings is 1. The second-order valence-corrected chi connectivity index (χ2v) is 2.44. The van der Waals surface area contributed by atoms with Gasteiger partial charge < -0.3 is 15.9 Å². The average molecular weight is 204 g/mol. The topological polar surface area (TPSA) is 96.4 Å². The predicted octanol–water partition coefficient (Wildman–Crippen LogP) is 1.01. The molecular weight excluding hydrogens is 198 g/mol. The van der Waals surface area contributed by atoms with Gasteiger partial charge in [-0.15, -0.1) is 0 Å². The SMILES string of the molecule is Nc1nc(C(=O)O)cc(C(F)F)c1O. The molecule has 0 atom stereocenters. The van der Waals surface area contributed by atoms with Crippen molar-refractivity contribution in [1.82, 2.24) is 4.98 Å². The Kier molecular flexibility index (Phi) is 2.50. The van der Waals surface area contributed by atoms with Crippen LogP contribution in [0.3, 0.4) is 0 Å². The van der Waals surface area contributed by atoms with Gasteiger partial charge in [0, 0.05) is 0 Å². The van der Waals surface area contributed by atoms with Crippen LogP contribution in [0.25, 0.3) is 0 Å². The molecule has 0 spiro atoms. The first kappa shape index (κ1) is 10.2. The van der Waals surface area contributed by atoms with Crippen molar-refractivity contribution in [2.45, 2.75) is 6.43 Å². The Balaban J connectivity index is 3.35. The number of alkyl halides is 2. The molecule has 0 unspecified atom stereocenters. The highest BCUT2D eigenvalue weighted by Crippen LogP contribution is 2.32. The molecule has 76 valence electrons. The minimum atomic E-state index is -3.00. The van der Waals surface area contributed by atoms with Gasteiger partial charge in [0.15, 0.2) is 17.3 Å². The van der Waals surface area contributed by atoms with E-state index >= 15 is 0 Å². The fourth-order valence-electron chi connectivity index (χ4n) is 0.854. The molecule has 5 nitrogen and oxygen atoms in total. The Morgan fingerprint density at radius 1 is 1.57 bits per heavy atom. The van der Waals surface area contributed by atoms with E-state index in [2.05, 4.69) is 4.98 Å². The Morgan fingerprint density at radius 3 is 2.57 bits per heavy atom. The zero-order chi connectivity index (χ0) is 10.9. The Hall–Kier alpha value is -1.92. The summed E-state index contributed by atoms with van der Waals surface area (Å²) in [7, 11) is 0. The third kappa shape index (κ3) is 1.70. The van der Waals surface area contributed by atoms with Gasteiger partial charge >= 0.3 is 5.97 Å². The molecule has 0 aliphatic heterocycles. The Morgan fingerprint density at radius 2 is 2.14 bits per heavy atom. The molecule has 1 aromatic rings. The number of hydrogen-bond acceptors (Lipinski definition) is 4. The maximum absolute atomic E-state index is 12.2. The molecule has 0 aliphatic carbocycles. The van der Waals surface area contributed by atoms with E-state index in [0.717, 1.165) is 0 Å². The molecule has 0 bridgehead atoms. The molecule has 14 heavy (non-hydrogen) atoms. The summed E-state index contributed by atoms with van der Waals surface area (Å²) in [4.78, 5) is 13.6. The molecule has 0 saturated heterocycles. The monoisotopic (exact) mass is 204 g/mol. The molecule has 1 aromatic heterocycles. The number of aromatic carboxylic acids is 1. The number of aromatic nitrogens is 1. The smallest absolute Gasteiger partial charge is 0.354 e. The van der Waals surface area contributed by atoms with Gasteiger partial charge in [-0.05, 0) is 6.07 Å². The fourth-order valence-corrected chi connectivity index (χ4v) is 0.854. The molecular formula is C7H6F2N2O3. The molecule has 0 aromatic carbocycles. The third-order valence-electron chi connectivity index (χ3n) is 1.50. The van der Waals surface area contributed by atoms with E-state index in [-0.39, 0.29) is 0 Å². The van der Waals surface area contributed by atoms with E-state index in [0.29, 0.717) is 6.07 Å². The number of rotatable bonds is 2. The van der Waals surface area contributed by atoms with Crippen LogP contribution in [-0.4, -0.2) is 21.2 Å². The lowest BCUT2D eigenvalue weighted by Crippen LogP contribution is -2.05. The van der Waals surface area contributed by atoms with Crippen molar-refractivity contribution in [2.24, 2.45) is 0 Å². The van der Waals surface area contributed by atoms with Crippen LogP contribution in [0.15, 0.2) is 6.07 Å². The lowest BCUT2D eigenvalue weighted by atomic mass is 10.2. The molecule has 7 heteroatoms. The molecule has 1 heterocycles. The third-order valence-corrected chi connectivity index (χ3v) is 1.50. The van der Waals surface area contributed by atoms with E-state index < -0.39 is 35.2 Å². The minimum Gasteiger partial charge on any atom is -0.504 e. The Bertz CT molecular complexity index is 381. The van der Waals surface area contributed by atoms with Crippen LogP contribution in [0.2, 0.25) is 0 Å². The van der Waals surface area contributed by atoms with E-state index in [4.69, 9.17) is 15.9 Å². The molecule has 4 N–H and O–H groups in total. The summed E-state index contributed by atoms with van der Waals surface area (Å²) in [6.07, 6.45) is -3.00. The highest BCUT2D eigenvalue weighted by atomic mass is 19.3. The standard InChI is InChI=1S/C7H6F2N2O3/c8-5(9)2-1-3(7(13)14)11-6(10)4(2)12/h1,5,12H,(H2,10,11)(H,13,14). The number of carbonyl (C=O) groups is 1. The van der Waals surface area contributed by atoms with Crippen molar-refractivity contribution < 1.29 is 23.8 Å². The van der Waals surface area contributed by atoms with E-state index in [1.807, 2.05) is 0 Å². The van der Waals surface area contributed by atoms with Gasteiger partial charge in [0.1, 0.15) is 0 Å². The lowest BCUT2D eigenvalue weighted by Gasteiger charge is -2.06. The van der Waals surface area contributed by atoms with Crippen LogP contribution in [0.1, 0.15) is 22.5 Å². The van der Waals surface area contributed by atoms with Gasteiger partial charge in [0.05, 0.1) is 5.56 Å². The summed E-state index contributed by atoms with van der Waals surface area (Å²) < 4.78 is 24.4. The number of hydrogen-bond donors (Lipinski definition) is 3. The van der Waals surface area contributed by atoms with Crippen LogP contribution in [-0.2, 0) is 0 Å². The van der Waals surface area contributed by atoms with E-state index in [9.17, 15) is 13.6 Å². The summed E-state index contributed by atoms with van der Waals surface area (Å²) >= 11 is 0. The van der Waals surface area contributed by atoms with Crippen LogP contribution in [0.5, 0.6) is 5.75 Å². The number of nitrogens with two attached hydrogens (primary N) is 1. The average Bonchev–Trinajstić information content (AvgIpc) is 2.08. The van der Waals surface area contributed by atoms with E-state index in [1.165, 1.54) is 0 Å². The van der Waals surface area contributed by atoms with Crippen LogP contribution in [0, 0.1) is 0 Å².